The largest absolute Gasteiger partial charge is 0.454 e. The summed E-state index contributed by atoms with van der Waals surface area (Å²) in [6, 6.07) is 51.3. The smallest absolute Gasteiger partial charge is 0.227 e. The molecule has 3 spiro atoms. The molecule has 6 aromatic carbocycles. The zero-order valence-electron chi connectivity index (χ0n) is 82.2. The topological polar surface area (TPSA) is 133 Å². The molecule has 5 saturated heterocycles. The Kier molecular flexibility index (Phi) is 23.7. The van der Waals surface area contributed by atoms with Gasteiger partial charge in [0.25, 0.3) is 0 Å². The summed E-state index contributed by atoms with van der Waals surface area (Å²) in [6.45, 7) is 57.0. The van der Waals surface area contributed by atoms with E-state index in [1.165, 1.54) is 188 Å². The highest BCUT2D eigenvalue weighted by Crippen LogP contribution is 2.62. The maximum absolute atomic E-state index is 6.45. The number of hydrogen-bond acceptors (Lipinski definition) is 14. The van der Waals surface area contributed by atoms with Gasteiger partial charge in [0.05, 0.1) is 28.4 Å². The van der Waals surface area contributed by atoms with Crippen molar-refractivity contribution in [3.8, 4) is 0 Å². The Morgan fingerprint density at radius 3 is 1.03 bits per heavy atom. The summed E-state index contributed by atoms with van der Waals surface area (Å²) in [4.78, 5) is 31.3. The molecule has 0 amide bonds. The van der Waals surface area contributed by atoms with Gasteiger partial charge >= 0.3 is 0 Å². The minimum absolute atomic E-state index is 0. The molecule has 14 heterocycles. The molecule has 694 valence electrons. The molecule has 131 heavy (non-hydrogen) atoms. The molecule has 14 heteroatoms. The molecular formula is C117H151N9O5. The van der Waals surface area contributed by atoms with Crippen molar-refractivity contribution in [1.82, 2.24) is 19.9 Å². The van der Waals surface area contributed by atoms with Crippen molar-refractivity contribution in [2.45, 2.75) is 361 Å². The molecule has 9 aromatic heterocycles. The number of hydrogen-bond donors (Lipinski definition) is 0. The van der Waals surface area contributed by atoms with Gasteiger partial charge in [0.15, 0.2) is 27.9 Å². The molecule has 4 atom stereocenters. The minimum Gasteiger partial charge on any atom is -0.454 e. The summed E-state index contributed by atoms with van der Waals surface area (Å²) in [5, 5.41) is 11.6. The lowest BCUT2D eigenvalue weighted by Crippen LogP contribution is -2.44. The van der Waals surface area contributed by atoms with Crippen molar-refractivity contribution in [3.63, 3.8) is 0 Å². The van der Waals surface area contributed by atoms with Crippen LogP contribution in [-0.2, 0) is 0 Å². The number of aromatic nitrogens is 4. The summed E-state index contributed by atoms with van der Waals surface area (Å²) >= 11 is 0. The average Bonchev–Trinajstić information content (AvgIpc) is 1.44. The van der Waals surface area contributed by atoms with Gasteiger partial charge in [0.2, 0.25) is 22.9 Å². The van der Waals surface area contributed by atoms with Gasteiger partial charge in [-0.15, -0.1) is 0 Å². The molecule has 5 aliphatic heterocycles. The van der Waals surface area contributed by atoms with Crippen LogP contribution in [0.1, 0.15) is 302 Å². The number of furan rings is 5. The lowest BCUT2D eigenvalue weighted by atomic mass is 9.68. The minimum atomic E-state index is 0. The van der Waals surface area contributed by atoms with Gasteiger partial charge in [-0.2, -0.15) is 0 Å². The summed E-state index contributed by atoms with van der Waals surface area (Å²) in [5.41, 5.74) is 25.0. The van der Waals surface area contributed by atoms with Crippen LogP contribution < -0.4 is 24.5 Å². The lowest BCUT2D eigenvalue weighted by Gasteiger charge is -2.41. The van der Waals surface area contributed by atoms with Gasteiger partial charge < -0.3 is 46.6 Å². The standard InChI is InChI=1S/C25H31NO.C24H30N2O.C23H28N2O.C22H28N2O.C21H26N2O.2CH4/c1-17-12-13-20-19-10-6-7-11-21(19)27-23(20)22(17)26-18(2)25(16-24(26,3)4)14-8-5-9-15-25;1-16-10-11-18-19-9-8-14-25-22(19)27-21(18)20(16)26-17(2)24(15-23(26,3)4)12-6-5-7-13-24;1-16-10-11-18-17-8-7-9-19(20(17)26-21(18)24-16)25-15-23(14-22(25,2)3)12-5-4-6-13-23;1-13-8-10-16-17-11-9-14(2)23-20(17)25-19(16)18(13)24-15(3)21(4,5)12-22(24,6)7;1-13-9-10-15-16-8-7-11-22-19(16)24-18(15)17(13)23-14(2)20(3,4)12-21(23,5)6;;/h6-7,10-13,18H,5,8-9,14-16H2,1-4H3;8-11,14,17H,5-7,12-13,15H2,1-4H3;7-11H,4-6,12-15H2,1-3H3;8-11,15H,12H2,1-7H3;7-11,14H,12H2,1-6H3;2*1H4. The summed E-state index contributed by atoms with van der Waals surface area (Å²) in [7, 11) is 0. The molecule has 23 rings (SSSR count). The molecular weight excluding hydrogens is 1610 g/mol. The number of aryl methyl sites for hydroxylation is 6. The molecule has 15 aromatic rings. The summed E-state index contributed by atoms with van der Waals surface area (Å²) in [6.07, 6.45) is 30.6. The molecule has 0 N–H and O–H groups in total. The molecule has 8 aliphatic rings. The summed E-state index contributed by atoms with van der Waals surface area (Å²) in [5.74, 6) is 0. The predicted molar refractivity (Wildman–Crippen MR) is 554 cm³/mol. The van der Waals surface area contributed by atoms with E-state index in [2.05, 4.69) is 324 Å². The van der Waals surface area contributed by atoms with Crippen molar-refractivity contribution in [3.05, 3.63) is 186 Å². The van der Waals surface area contributed by atoms with E-state index in [0.717, 1.165) is 119 Å². The van der Waals surface area contributed by atoms with E-state index in [1.54, 1.807) is 6.20 Å². The fourth-order valence-corrected chi connectivity index (χ4v) is 28.0. The maximum Gasteiger partial charge on any atom is 0.227 e. The van der Waals surface area contributed by atoms with Gasteiger partial charge in [-0.3, -0.25) is 0 Å². The molecule has 8 fully saturated rings. The normalized spacial score (nSPS) is 22.7. The zero-order chi connectivity index (χ0) is 91.0. The van der Waals surface area contributed by atoms with Crippen molar-refractivity contribution in [2.24, 2.45) is 27.1 Å². The zero-order valence-corrected chi connectivity index (χ0v) is 82.2. The number of benzene rings is 6. The van der Waals surface area contributed by atoms with E-state index in [0.29, 0.717) is 40.4 Å². The first-order valence-corrected chi connectivity index (χ1v) is 49.2. The van der Waals surface area contributed by atoms with E-state index in [-0.39, 0.29) is 53.4 Å². The number of nitrogens with zero attached hydrogens (tertiary/aromatic N) is 9. The second kappa shape index (κ2) is 33.5. The number of fused-ring (bicyclic) bond motifs is 15. The molecule has 0 bridgehead atoms. The first-order chi connectivity index (χ1) is 61.2. The van der Waals surface area contributed by atoms with Crippen LogP contribution >= 0.6 is 0 Å². The number of rotatable bonds is 5. The van der Waals surface area contributed by atoms with Crippen LogP contribution in [0.25, 0.3) is 110 Å². The quantitative estimate of drug-likeness (QED) is 0.162. The van der Waals surface area contributed by atoms with E-state index >= 15 is 0 Å². The second-order valence-electron chi connectivity index (χ2n) is 46.0. The third kappa shape index (κ3) is 15.7. The lowest BCUT2D eigenvalue weighted by molar-refractivity contribution is 0.170. The Morgan fingerprint density at radius 1 is 0.290 bits per heavy atom. The van der Waals surface area contributed by atoms with Crippen LogP contribution in [0.4, 0.5) is 28.4 Å². The SMILES string of the molecule is C.C.Cc1ccc2c(n1)oc1c(N3C(C)C(C)(C)CC3(C)C)c(C)ccc12.Cc1ccc2c(n1)oc1c(N3CC4(CCCCC4)CC3(C)C)cccc12.Cc1ccc2c(oc3ccccc32)c1N1C(C)C2(CCCCC2)CC1(C)C.Cc1ccc2c(oc3ncccc32)c1N1C(C)C(C)(C)CC1(C)C.Cc1ccc2c(oc3ncccc32)c1N1C(C)C2(CCCCC2)CC1(C)C. The van der Waals surface area contributed by atoms with Gasteiger partial charge in [0.1, 0.15) is 5.58 Å². The fraction of sp³-hybridized carbons (Fsp3) is 0.521. The Bertz CT molecular complexity index is 6630. The third-order valence-corrected chi connectivity index (χ3v) is 33.7. The molecule has 14 nitrogen and oxygen atoms in total. The van der Waals surface area contributed by atoms with E-state index in [4.69, 9.17) is 22.1 Å². The van der Waals surface area contributed by atoms with Crippen LogP contribution in [0, 0.1) is 68.6 Å². The highest BCUT2D eigenvalue weighted by molar-refractivity contribution is 6.13. The van der Waals surface area contributed by atoms with Gasteiger partial charge in [-0.05, 0) is 319 Å². The van der Waals surface area contributed by atoms with Crippen LogP contribution in [0.5, 0.6) is 0 Å². The number of para-hydroxylation sites is 2. The van der Waals surface area contributed by atoms with Crippen molar-refractivity contribution in [2.75, 3.05) is 31.0 Å². The highest BCUT2D eigenvalue weighted by atomic mass is 16.4. The third-order valence-electron chi connectivity index (χ3n) is 33.7. The van der Waals surface area contributed by atoms with E-state index in [9.17, 15) is 0 Å². The molecule has 3 saturated carbocycles. The average molecular weight is 1760 g/mol. The van der Waals surface area contributed by atoms with Crippen molar-refractivity contribution in [1.29, 1.82) is 0 Å². The van der Waals surface area contributed by atoms with E-state index in [1.807, 2.05) is 32.2 Å². The Morgan fingerprint density at radius 2 is 0.618 bits per heavy atom. The molecule has 3 aliphatic carbocycles. The Balaban J connectivity index is 0.000000114. The maximum atomic E-state index is 6.45. The summed E-state index contributed by atoms with van der Waals surface area (Å²) < 4.78 is 31.6. The van der Waals surface area contributed by atoms with Crippen LogP contribution in [0.15, 0.2) is 174 Å². The fourth-order valence-electron chi connectivity index (χ4n) is 28.0. The Hall–Kier alpha value is -10.1. The van der Waals surface area contributed by atoms with Crippen LogP contribution in [-0.4, -0.2) is 78.3 Å². The first kappa shape index (κ1) is 92.8. The van der Waals surface area contributed by atoms with Crippen LogP contribution in [0.3, 0.4) is 0 Å². The predicted octanol–water partition coefficient (Wildman–Crippen LogP) is 33.0. The van der Waals surface area contributed by atoms with E-state index < -0.39 is 0 Å². The van der Waals surface area contributed by atoms with Crippen LogP contribution in [0.2, 0.25) is 0 Å². The second-order valence-corrected chi connectivity index (χ2v) is 46.0. The monoisotopic (exact) mass is 1760 g/mol. The Labute approximate surface area is 780 Å². The highest BCUT2D eigenvalue weighted by Gasteiger charge is 2.58. The van der Waals surface area contributed by atoms with Gasteiger partial charge in [0, 0.05) is 136 Å². The van der Waals surface area contributed by atoms with Crippen molar-refractivity contribution >= 4 is 139 Å². The number of pyridine rings is 4. The molecule has 4 unspecified atom stereocenters. The number of anilines is 5. The first-order valence-electron chi connectivity index (χ1n) is 49.2. The van der Waals surface area contributed by atoms with Crippen molar-refractivity contribution < 1.29 is 22.1 Å². The van der Waals surface area contributed by atoms with Gasteiger partial charge in [-0.25, -0.2) is 19.9 Å². The van der Waals surface area contributed by atoms with Gasteiger partial charge in [-0.1, -0.05) is 179 Å². The molecule has 0 radical (unpaired) electrons.